The maximum atomic E-state index is 10.4. The van der Waals surface area contributed by atoms with Gasteiger partial charge in [0, 0.05) is 25.9 Å². The van der Waals surface area contributed by atoms with Gasteiger partial charge in [-0.3, -0.25) is 9.69 Å². The van der Waals surface area contributed by atoms with Crippen LogP contribution in [0.5, 0.6) is 0 Å². The Balaban J connectivity index is 1.86. The lowest BCUT2D eigenvalue weighted by Gasteiger charge is -2.30. The predicted octanol–water partition coefficient (Wildman–Crippen LogP) is 1.26. The number of nitrogens with zero attached hydrogens (tertiary/aromatic N) is 3. The van der Waals surface area contributed by atoms with Gasteiger partial charge in [0.25, 0.3) is 0 Å². The third-order valence-corrected chi connectivity index (χ3v) is 3.24. The van der Waals surface area contributed by atoms with Crippen molar-refractivity contribution in [2.45, 2.75) is 38.7 Å². The molecule has 1 N–H and O–H groups in total. The first-order valence-electron chi connectivity index (χ1n) is 7.07. The molecule has 0 radical (unpaired) electrons. The zero-order valence-electron chi connectivity index (χ0n) is 11.7. The average molecular weight is 283 g/mol. The van der Waals surface area contributed by atoms with E-state index in [2.05, 4.69) is 22.0 Å². The Morgan fingerprint density at radius 3 is 3.15 bits per heavy atom. The Bertz CT molecular complexity index is 433. The Kier molecular flexibility index (Phi) is 5.49. The smallest absolute Gasteiger partial charge is 0.303 e. The van der Waals surface area contributed by atoms with Crippen molar-refractivity contribution in [2.75, 3.05) is 26.2 Å². The first-order chi connectivity index (χ1) is 9.69. The molecule has 2 rings (SSSR count). The van der Waals surface area contributed by atoms with Crippen LogP contribution in [0.4, 0.5) is 0 Å². The van der Waals surface area contributed by atoms with Crippen molar-refractivity contribution in [2.24, 2.45) is 0 Å². The van der Waals surface area contributed by atoms with Crippen LogP contribution in [0.15, 0.2) is 4.52 Å². The van der Waals surface area contributed by atoms with Gasteiger partial charge in [-0.2, -0.15) is 4.98 Å². The van der Waals surface area contributed by atoms with Gasteiger partial charge in [0.2, 0.25) is 11.7 Å². The molecule has 1 fully saturated rings. The highest BCUT2D eigenvalue weighted by atomic mass is 16.5. The molecule has 112 valence electrons. The van der Waals surface area contributed by atoms with Gasteiger partial charge in [0.1, 0.15) is 6.10 Å². The van der Waals surface area contributed by atoms with Crippen molar-refractivity contribution in [1.82, 2.24) is 15.0 Å². The fraction of sp³-hybridized carbons (Fsp3) is 0.769. The fourth-order valence-corrected chi connectivity index (χ4v) is 2.27. The van der Waals surface area contributed by atoms with Crippen molar-refractivity contribution in [3.05, 3.63) is 11.7 Å². The summed E-state index contributed by atoms with van der Waals surface area (Å²) >= 11 is 0. The number of aliphatic carboxylic acids is 1. The lowest BCUT2D eigenvalue weighted by molar-refractivity contribution is -0.137. The monoisotopic (exact) mass is 283 g/mol. The van der Waals surface area contributed by atoms with Crippen molar-refractivity contribution < 1.29 is 19.2 Å². The van der Waals surface area contributed by atoms with E-state index in [4.69, 9.17) is 14.4 Å². The van der Waals surface area contributed by atoms with Gasteiger partial charge in [-0.25, -0.2) is 0 Å². The number of aryl methyl sites for hydroxylation is 1. The summed E-state index contributed by atoms with van der Waals surface area (Å²) in [6.45, 7) is 5.59. The summed E-state index contributed by atoms with van der Waals surface area (Å²) in [5.41, 5.74) is 0. The quantitative estimate of drug-likeness (QED) is 0.805. The molecule has 1 aliphatic heterocycles. The van der Waals surface area contributed by atoms with E-state index < -0.39 is 5.97 Å². The molecule has 0 saturated carbocycles. The van der Waals surface area contributed by atoms with Gasteiger partial charge in [-0.1, -0.05) is 12.1 Å². The number of hydrogen-bond donors (Lipinski definition) is 1. The number of morpholine rings is 1. The number of carboxylic acid groups (broad SMARTS) is 1. The molecule has 1 saturated heterocycles. The first-order valence-corrected chi connectivity index (χ1v) is 7.07. The third kappa shape index (κ3) is 4.28. The molecule has 0 bridgehead atoms. The van der Waals surface area contributed by atoms with Crippen LogP contribution in [-0.4, -0.2) is 52.4 Å². The second-order valence-corrected chi connectivity index (χ2v) is 4.95. The van der Waals surface area contributed by atoms with E-state index >= 15 is 0 Å². The lowest BCUT2D eigenvalue weighted by Crippen LogP contribution is -2.39. The van der Waals surface area contributed by atoms with Crippen molar-refractivity contribution in [3.8, 4) is 0 Å². The molecule has 0 aliphatic carbocycles. The van der Waals surface area contributed by atoms with Crippen molar-refractivity contribution in [1.29, 1.82) is 0 Å². The molecule has 0 amide bonds. The summed E-state index contributed by atoms with van der Waals surface area (Å²) in [7, 11) is 0. The minimum absolute atomic E-state index is 0.113. The Morgan fingerprint density at radius 1 is 1.55 bits per heavy atom. The lowest BCUT2D eigenvalue weighted by atomic mass is 10.2. The third-order valence-electron chi connectivity index (χ3n) is 3.24. The van der Waals surface area contributed by atoms with Gasteiger partial charge < -0.3 is 14.4 Å². The van der Waals surface area contributed by atoms with E-state index in [1.165, 1.54) is 0 Å². The number of hydrogen-bond acceptors (Lipinski definition) is 6. The van der Waals surface area contributed by atoms with Crippen molar-refractivity contribution >= 4 is 5.97 Å². The van der Waals surface area contributed by atoms with E-state index in [-0.39, 0.29) is 12.5 Å². The van der Waals surface area contributed by atoms with E-state index in [0.29, 0.717) is 31.2 Å². The minimum Gasteiger partial charge on any atom is -0.481 e. The predicted molar refractivity (Wildman–Crippen MR) is 70.3 cm³/mol. The summed E-state index contributed by atoms with van der Waals surface area (Å²) in [6.07, 6.45) is 2.07. The number of rotatable bonds is 7. The summed E-state index contributed by atoms with van der Waals surface area (Å²) in [6, 6.07) is 0. The zero-order valence-corrected chi connectivity index (χ0v) is 11.7. The standard InChI is InChI=1S/C13H21N3O4/c1-2-6-16-7-8-19-10(9-16)13-14-11(20-15-13)4-3-5-12(17)18/h10H,2-9H2,1H3,(H,17,18). The summed E-state index contributed by atoms with van der Waals surface area (Å²) < 4.78 is 10.8. The van der Waals surface area contributed by atoms with Crippen LogP contribution in [0, 0.1) is 0 Å². The Morgan fingerprint density at radius 2 is 2.40 bits per heavy atom. The summed E-state index contributed by atoms with van der Waals surface area (Å²) in [5.74, 6) is 0.240. The maximum absolute atomic E-state index is 10.4. The van der Waals surface area contributed by atoms with E-state index in [0.717, 1.165) is 26.1 Å². The topological polar surface area (TPSA) is 88.7 Å². The van der Waals surface area contributed by atoms with Crippen molar-refractivity contribution in [3.63, 3.8) is 0 Å². The molecule has 7 nitrogen and oxygen atoms in total. The second kappa shape index (κ2) is 7.35. The molecule has 1 aromatic rings. The highest BCUT2D eigenvalue weighted by Gasteiger charge is 2.25. The molecule has 2 heterocycles. The zero-order chi connectivity index (χ0) is 14.4. The summed E-state index contributed by atoms with van der Waals surface area (Å²) in [4.78, 5) is 17.1. The Hall–Kier alpha value is -1.47. The molecule has 1 aromatic heterocycles. The highest BCUT2D eigenvalue weighted by Crippen LogP contribution is 2.20. The highest BCUT2D eigenvalue weighted by molar-refractivity contribution is 5.66. The number of carbonyl (C=O) groups is 1. The van der Waals surface area contributed by atoms with Gasteiger partial charge in [0.15, 0.2) is 0 Å². The number of aromatic nitrogens is 2. The van der Waals surface area contributed by atoms with Crippen LogP contribution in [0.2, 0.25) is 0 Å². The molecule has 1 atom stereocenters. The Labute approximate surface area is 117 Å². The molecule has 0 aromatic carbocycles. The first kappa shape index (κ1) is 14.9. The maximum Gasteiger partial charge on any atom is 0.303 e. The molecule has 1 aliphatic rings. The molecule has 1 unspecified atom stereocenters. The van der Waals surface area contributed by atoms with Crippen LogP contribution < -0.4 is 0 Å². The molecule has 20 heavy (non-hydrogen) atoms. The largest absolute Gasteiger partial charge is 0.481 e. The van der Waals surface area contributed by atoms with Crippen LogP contribution in [0.3, 0.4) is 0 Å². The molecular weight excluding hydrogens is 262 g/mol. The molecular formula is C13H21N3O4. The normalized spacial score (nSPS) is 20.1. The fourth-order valence-electron chi connectivity index (χ4n) is 2.27. The van der Waals surface area contributed by atoms with Crippen LogP contribution in [-0.2, 0) is 16.0 Å². The minimum atomic E-state index is -0.810. The number of ether oxygens (including phenoxy) is 1. The van der Waals surface area contributed by atoms with Gasteiger partial charge in [-0.15, -0.1) is 0 Å². The summed E-state index contributed by atoms with van der Waals surface area (Å²) in [5, 5.41) is 12.5. The van der Waals surface area contributed by atoms with Crippen LogP contribution >= 0.6 is 0 Å². The van der Waals surface area contributed by atoms with Crippen LogP contribution in [0.25, 0.3) is 0 Å². The van der Waals surface area contributed by atoms with Gasteiger partial charge >= 0.3 is 5.97 Å². The van der Waals surface area contributed by atoms with Crippen LogP contribution in [0.1, 0.15) is 44.0 Å². The number of carboxylic acids is 1. The SMILES string of the molecule is CCCN1CCOC(c2noc(CCCC(=O)O)n2)C1. The average Bonchev–Trinajstić information content (AvgIpc) is 2.88. The van der Waals surface area contributed by atoms with E-state index in [9.17, 15) is 4.79 Å². The molecule has 7 heteroatoms. The van der Waals surface area contributed by atoms with Gasteiger partial charge in [-0.05, 0) is 19.4 Å². The van der Waals surface area contributed by atoms with E-state index in [1.807, 2.05) is 0 Å². The van der Waals surface area contributed by atoms with Gasteiger partial charge in [0.05, 0.1) is 6.61 Å². The second-order valence-electron chi connectivity index (χ2n) is 4.95. The molecule has 0 spiro atoms. The van der Waals surface area contributed by atoms with E-state index in [1.54, 1.807) is 0 Å².